The lowest BCUT2D eigenvalue weighted by molar-refractivity contribution is 0.102. The second kappa shape index (κ2) is 4.76. The van der Waals surface area contributed by atoms with Gasteiger partial charge < -0.3 is 5.32 Å². The maximum absolute atomic E-state index is 11.9. The van der Waals surface area contributed by atoms with Gasteiger partial charge >= 0.3 is 0 Å². The van der Waals surface area contributed by atoms with Crippen LogP contribution in [0, 0.1) is 6.92 Å². The van der Waals surface area contributed by atoms with Gasteiger partial charge in [-0.3, -0.25) is 4.79 Å². The average Bonchev–Trinajstić information content (AvgIpc) is 2.64. The smallest absolute Gasteiger partial charge is 0.267 e. The predicted octanol–water partition coefficient (Wildman–Crippen LogP) is 3.47. The monoisotopic (exact) mass is 296 g/mol. The molecule has 16 heavy (non-hydrogen) atoms. The van der Waals surface area contributed by atoms with Crippen LogP contribution < -0.4 is 5.32 Å². The van der Waals surface area contributed by atoms with Crippen molar-refractivity contribution in [3.8, 4) is 0 Å². The lowest BCUT2D eigenvalue weighted by atomic mass is 10.3. The molecule has 0 aromatic carbocycles. The molecule has 2 aromatic heterocycles. The molecule has 3 nitrogen and oxygen atoms in total. The number of thiophene rings is 1. The van der Waals surface area contributed by atoms with Crippen molar-refractivity contribution in [2.24, 2.45) is 0 Å². The molecule has 0 aliphatic rings. The quantitative estimate of drug-likeness (QED) is 0.922. The van der Waals surface area contributed by atoms with Crippen molar-refractivity contribution in [2.45, 2.75) is 6.92 Å². The summed E-state index contributed by atoms with van der Waals surface area (Å²) < 4.78 is 0.890. The molecule has 0 radical (unpaired) electrons. The Kier molecular flexibility index (Phi) is 3.36. The molecular formula is C11H9BrN2OS. The Morgan fingerprint density at radius 2 is 2.31 bits per heavy atom. The summed E-state index contributed by atoms with van der Waals surface area (Å²) in [5, 5.41) is 4.66. The van der Waals surface area contributed by atoms with E-state index in [4.69, 9.17) is 0 Å². The van der Waals surface area contributed by atoms with E-state index < -0.39 is 0 Å². The number of pyridine rings is 1. The fourth-order valence-corrected chi connectivity index (χ4v) is 2.41. The second-order valence-corrected chi connectivity index (χ2v) is 5.08. The summed E-state index contributed by atoms with van der Waals surface area (Å²) >= 11 is 4.76. The Balaban J connectivity index is 2.17. The highest BCUT2D eigenvalue weighted by Gasteiger charge is 2.10. The third kappa shape index (κ3) is 2.48. The molecule has 2 rings (SSSR count). The summed E-state index contributed by atoms with van der Waals surface area (Å²) in [6, 6.07) is 5.50. The molecule has 1 amide bonds. The molecule has 0 aliphatic heterocycles. The van der Waals surface area contributed by atoms with Crippen molar-refractivity contribution in [3.05, 3.63) is 44.7 Å². The number of rotatable bonds is 2. The highest BCUT2D eigenvalue weighted by molar-refractivity contribution is 9.10. The molecule has 0 saturated heterocycles. The van der Waals surface area contributed by atoms with Gasteiger partial charge in [-0.25, -0.2) is 4.98 Å². The van der Waals surface area contributed by atoms with Gasteiger partial charge in [0.1, 0.15) is 5.82 Å². The molecule has 2 aromatic rings. The minimum absolute atomic E-state index is 0.113. The zero-order chi connectivity index (χ0) is 11.5. The molecule has 5 heteroatoms. The largest absolute Gasteiger partial charge is 0.306 e. The number of nitrogens with one attached hydrogen (secondary N) is 1. The Morgan fingerprint density at radius 1 is 1.50 bits per heavy atom. The lowest BCUT2D eigenvalue weighted by Gasteiger charge is -2.03. The average molecular weight is 297 g/mol. The third-order valence-electron chi connectivity index (χ3n) is 2.03. The van der Waals surface area contributed by atoms with Gasteiger partial charge in [0.25, 0.3) is 5.91 Å². The Labute approximate surface area is 106 Å². The Bertz CT molecular complexity index is 524. The van der Waals surface area contributed by atoms with E-state index in [1.165, 1.54) is 11.3 Å². The highest BCUT2D eigenvalue weighted by atomic mass is 79.9. The van der Waals surface area contributed by atoms with Crippen LogP contribution in [-0.2, 0) is 0 Å². The maximum Gasteiger partial charge on any atom is 0.267 e. The molecule has 0 unspecified atom stereocenters. The number of nitrogens with zero attached hydrogens (tertiary/aromatic N) is 1. The summed E-state index contributed by atoms with van der Waals surface area (Å²) in [5.74, 6) is 0.435. The van der Waals surface area contributed by atoms with Gasteiger partial charge in [-0.1, -0.05) is 15.9 Å². The van der Waals surface area contributed by atoms with Crippen molar-refractivity contribution in [1.29, 1.82) is 0 Å². The number of carbonyl (C=O) groups is 1. The van der Waals surface area contributed by atoms with Crippen LogP contribution in [0.2, 0.25) is 0 Å². The van der Waals surface area contributed by atoms with Crippen LogP contribution in [-0.4, -0.2) is 10.9 Å². The van der Waals surface area contributed by atoms with Crippen LogP contribution in [0.5, 0.6) is 0 Å². The fraction of sp³-hybridized carbons (Fsp3) is 0.0909. The number of halogens is 1. The van der Waals surface area contributed by atoms with Gasteiger partial charge in [0.15, 0.2) is 0 Å². The van der Waals surface area contributed by atoms with Gasteiger partial charge in [0.05, 0.1) is 4.88 Å². The van der Waals surface area contributed by atoms with Crippen molar-refractivity contribution >= 4 is 39.0 Å². The molecular weight excluding hydrogens is 288 g/mol. The standard InChI is InChI=1S/C11H9BrN2OS/c1-7-3-5-16-10(7)11(15)14-9-6-8(12)2-4-13-9/h2-6H,1H3,(H,13,14,15). The number of hydrogen-bond acceptors (Lipinski definition) is 3. The molecule has 0 bridgehead atoms. The SMILES string of the molecule is Cc1ccsc1C(=O)Nc1cc(Br)ccn1. The van der Waals surface area contributed by atoms with Gasteiger partial charge in [-0.15, -0.1) is 11.3 Å². The van der Waals surface area contributed by atoms with E-state index in [0.29, 0.717) is 5.82 Å². The number of aromatic nitrogens is 1. The topological polar surface area (TPSA) is 42.0 Å². The van der Waals surface area contributed by atoms with E-state index in [9.17, 15) is 4.79 Å². The Hall–Kier alpha value is -1.20. The van der Waals surface area contributed by atoms with Crippen molar-refractivity contribution < 1.29 is 4.79 Å². The van der Waals surface area contributed by atoms with E-state index in [1.807, 2.05) is 24.4 Å². The van der Waals surface area contributed by atoms with Crippen LogP contribution in [0.1, 0.15) is 15.2 Å². The van der Waals surface area contributed by atoms with E-state index in [2.05, 4.69) is 26.2 Å². The number of hydrogen-bond donors (Lipinski definition) is 1. The summed E-state index contributed by atoms with van der Waals surface area (Å²) in [6.45, 7) is 1.92. The first kappa shape index (κ1) is 11.3. The molecule has 0 aliphatic carbocycles. The van der Waals surface area contributed by atoms with E-state index in [-0.39, 0.29) is 5.91 Å². The van der Waals surface area contributed by atoms with Crippen molar-refractivity contribution in [3.63, 3.8) is 0 Å². The van der Waals surface area contributed by atoms with E-state index >= 15 is 0 Å². The normalized spacial score (nSPS) is 10.1. The number of carbonyl (C=O) groups excluding carboxylic acids is 1. The van der Waals surface area contributed by atoms with E-state index in [0.717, 1.165) is 14.9 Å². The fourth-order valence-electron chi connectivity index (χ4n) is 1.25. The van der Waals surface area contributed by atoms with Gasteiger partial charge in [0.2, 0.25) is 0 Å². The number of amides is 1. The summed E-state index contributed by atoms with van der Waals surface area (Å²) in [5.41, 5.74) is 0.984. The number of anilines is 1. The maximum atomic E-state index is 11.9. The van der Waals surface area contributed by atoms with Gasteiger partial charge in [-0.2, -0.15) is 0 Å². The summed E-state index contributed by atoms with van der Waals surface area (Å²) in [6.07, 6.45) is 1.64. The van der Waals surface area contributed by atoms with Crippen molar-refractivity contribution in [1.82, 2.24) is 4.98 Å². The summed E-state index contributed by atoms with van der Waals surface area (Å²) in [7, 11) is 0. The lowest BCUT2D eigenvalue weighted by Crippen LogP contribution is -2.12. The Morgan fingerprint density at radius 3 is 2.94 bits per heavy atom. The molecule has 0 spiro atoms. The van der Waals surface area contributed by atoms with Crippen LogP contribution in [0.25, 0.3) is 0 Å². The molecule has 0 atom stereocenters. The molecule has 82 valence electrons. The highest BCUT2D eigenvalue weighted by Crippen LogP contribution is 2.18. The van der Waals surface area contributed by atoms with Crippen LogP contribution in [0.4, 0.5) is 5.82 Å². The van der Waals surface area contributed by atoms with E-state index in [1.54, 1.807) is 12.3 Å². The zero-order valence-electron chi connectivity index (χ0n) is 8.53. The molecule has 0 saturated carbocycles. The van der Waals surface area contributed by atoms with Crippen LogP contribution in [0.3, 0.4) is 0 Å². The number of aryl methyl sites for hydroxylation is 1. The molecule has 1 N–H and O–H groups in total. The summed E-state index contributed by atoms with van der Waals surface area (Å²) in [4.78, 5) is 16.6. The predicted molar refractivity (Wildman–Crippen MR) is 68.9 cm³/mol. The van der Waals surface area contributed by atoms with Crippen molar-refractivity contribution in [2.75, 3.05) is 5.32 Å². The second-order valence-electron chi connectivity index (χ2n) is 3.25. The van der Waals surface area contributed by atoms with Crippen LogP contribution >= 0.6 is 27.3 Å². The molecule has 2 heterocycles. The van der Waals surface area contributed by atoms with Crippen LogP contribution in [0.15, 0.2) is 34.2 Å². The minimum atomic E-state index is -0.113. The third-order valence-corrected chi connectivity index (χ3v) is 3.54. The minimum Gasteiger partial charge on any atom is -0.306 e. The molecule has 0 fully saturated rings. The van der Waals surface area contributed by atoms with Gasteiger partial charge in [-0.05, 0) is 36.1 Å². The first-order valence-corrected chi connectivity index (χ1v) is 6.31. The first-order valence-electron chi connectivity index (χ1n) is 4.64. The zero-order valence-corrected chi connectivity index (χ0v) is 10.9. The van der Waals surface area contributed by atoms with Gasteiger partial charge in [0, 0.05) is 10.7 Å². The first-order chi connectivity index (χ1) is 7.66.